The highest BCUT2D eigenvalue weighted by Gasteiger charge is 2.34. The molecule has 1 heterocycles. The highest BCUT2D eigenvalue weighted by Crippen LogP contribution is 2.29. The average Bonchev–Trinajstić information content (AvgIpc) is 2.37. The van der Waals surface area contributed by atoms with E-state index in [1.807, 2.05) is 32.9 Å². The first kappa shape index (κ1) is 18.4. The Labute approximate surface area is 134 Å². The molecule has 120 valence electrons. The lowest BCUT2D eigenvalue weighted by Gasteiger charge is -2.34. The Balaban J connectivity index is 0.00000220. The summed E-state index contributed by atoms with van der Waals surface area (Å²) in [5, 5.41) is 0. The molecule has 1 fully saturated rings. The molecule has 2 N–H and O–H groups in total. The van der Waals surface area contributed by atoms with Crippen molar-refractivity contribution in [2.45, 2.75) is 51.0 Å². The van der Waals surface area contributed by atoms with Gasteiger partial charge in [-0.3, -0.25) is 0 Å². The van der Waals surface area contributed by atoms with Gasteiger partial charge in [-0.1, -0.05) is 24.1 Å². The van der Waals surface area contributed by atoms with Crippen molar-refractivity contribution < 1.29 is 8.42 Å². The standard InChI is InChI=1S/C15H24N2O2S.ClH/c1-11-8-12(2)15(13(3)9-11)20(18,19)17-7-5-4-6-14(17)10-16;/h8-9,14H,4-7,10,16H2,1-3H3;1H. The third-order valence-corrected chi connectivity index (χ3v) is 6.27. The number of piperidine rings is 1. The number of hydrogen-bond acceptors (Lipinski definition) is 3. The van der Waals surface area contributed by atoms with E-state index in [-0.39, 0.29) is 18.4 Å². The van der Waals surface area contributed by atoms with E-state index in [9.17, 15) is 8.42 Å². The van der Waals surface area contributed by atoms with Crippen LogP contribution in [-0.4, -0.2) is 31.9 Å². The zero-order chi connectivity index (χ0) is 14.9. The monoisotopic (exact) mass is 332 g/mol. The second-order valence-corrected chi connectivity index (χ2v) is 7.56. The van der Waals surface area contributed by atoms with E-state index >= 15 is 0 Å². The van der Waals surface area contributed by atoms with Gasteiger partial charge >= 0.3 is 0 Å². The Kier molecular flexibility index (Phi) is 6.23. The molecule has 0 aliphatic carbocycles. The van der Waals surface area contributed by atoms with Gasteiger partial charge in [-0.05, 0) is 44.7 Å². The maximum Gasteiger partial charge on any atom is 0.243 e. The summed E-state index contributed by atoms with van der Waals surface area (Å²) in [6, 6.07) is 3.80. The Morgan fingerprint density at radius 1 is 1.19 bits per heavy atom. The number of nitrogens with zero attached hydrogens (tertiary/aromatic N) is 1. The van der Waals surface area contributed by atoms with Crippen LogP contribution in [0, 0.1) is 20.8 Å². The Hall–Kier alpha value is -0.620. The largest absolute Gasteiger partial charge is 0.329 e. The molecule has 1 unspecified atom stereocenters. The molecule has 1 aliphatic rings. The Morgan fingerprint density at radius 2 is 1.76 bits per heavy atom. The van der Waals surface area contributed by atoms with Crippen molar-refractivity contribution in [1.82, 2.24) is 4.31 Å². The fourth-order valence-corrected chi connectivity index (χ4v) is 5.34. The summed E-state index contributed by atoms with van der Waals surface area (Å²) in [6.45, 7) is 6.70. The lowest BCUT2D eigenvalue weighted by Crippen LogP contribution is -2.47. The van der Waals surface area contributed by atoms with Crippen LogP contribution in [0.25, 0.3) is 0 Å². The first-order valence-electron chi connectivity index (χ1n) is 7.17. The molecule has 1 aromatic rings. The molecule has 6 heteroatoms. The summed E-state index contributed by atoms with van der Waals surface area (Å²) in [4.78, 5) is 0.462. The molecule has 0 saturated carbocycles. The number of benzene rings is 1. The molecule has 4 nitrogen and oxygen atoms in total. The number of nitrogens with two attached hydrogens (primary N) is 1. The SMILES string of the molecule is Cc1cc(C)c(S(=O)(=O)N2CCCCC2CN)c(C)c1.Cl. The lowest BCUT2D eigenvalue weighted by atomic mass is 10.1. The van der Waals surface area contributed by atoms with Crippen molar-refractivity contribution in [2.24, 2.45) is 5.73 Å². The molecule has 21 heavy (non-hydrogen) atoms. The smallest absolute Gasteiger partial charge is 0.243 e. The van der Waals surface area contributed by atoms with Crippen molar-refractivity contribution in [3.63, 3.8) is 0 Å². The maximum atomic E-state index is 13.0. The van der Waals surface area contributed by atoms with E-state index in [4.69, 9.17) is 5.73 Å². The number of halogens is 1. The van der Waals surface area contributed by atoms with Gasteiger partial charge in [-0.15, -0.1) is 12.4 Å². The fourth-order valence-electron chi connectivity index (χ4n) is 3.22. The van der Waals surface area contributed by atoms with Crippen LogP contribution in [0.4, 0.5) is 0 Å². The quantitative estimate of drug-likeness (QED) is 0.925. The van der Waals surface area contributed by atoms with Gasteiger partial charge in [-0.25, -0.2) is 8.42 Å². The van der Waals surface area contributed by atoms with Gasteiger partial charge in [-0.2, -0.15) is 4.31 Å². The molecule has 0 radical (unpaired) electrons. The van der Waals surface area contributed by atoms with Crippen LogP contribution in [0.2, 0.25) is 0 Å². The van der Waals surface area contributed by atoms with Gasteiger partial charge in [0.05, 0.1) is 4.90 Å². The van der Waals surface area contributed by atoms with Crippen molar-refractivity contribution in [1.29, 1.82) is 0 Å². The Bertz CT molecular complexity index is 579. The fraction of sp³-hybridized carbons (Fsp3) is 0.600. The molecule has 1 aliphatic heterocycles. The highest BCUT2D eigenvalue weighted by atomic mass is 35.5. The van der Waals surface area contributed by atoms with Gasteiger partial charge in [0.1, 0.15) is 0 Å². The molecule has 1 saturated heterocycles. The van der Waals surface area contributed by atoms with Crippen molar-refractivity contribution in [3.8, 4) is 0 Å². The van der Waals surface area contributed by atoms with Crippen molar-refractivity contribution in [3.05, 3.63) is 28.8 Å². The lowest BCUT2D eigenvalue weighted by molar-refractivity contribution is 0.257. The first-order valence-corrected chi connectivity index (χ1v) is 8.61. The van der Waals surface area contributed by atoms with E-state index < -0.39 is 10.0 Å². The molecule has 0 aromatic heterocycles. The molecule has 1 aromatic carbocycles. The van der Waals surface area contributed by atoms with Crippen molar-refractivity contribution >= 4 is 22.4 Å². The zero-order valence-corrected chi connectivity index (χ0v) is 14.6. The minimum Gasteiger partial charge on any atom is -0.329 e. The van der Waals surface area contributed by atoms with E-state index in [1.165, 1.54) is 0 Å². The molecule has 2 rings (SSSR count). The van der Waals surface area contributed by atoms with Crippen LogP contribution >= 0.6 is 12.4 Å². The predicted octanol–water partition coefficient (Wildman–Crippen LogP) is 2.54. The summed E-state index contributed by atoms with van der Waals surface area (Å²) in [7, 11) is -3.45. The predicted molar refractivity (Wildman–Crippen MR) is 88.5 cm³/mol. The highest BCUT2D eigenvalue weighted by molar-refractivity contribution is 7.89. The second-order valence-electron chi connectivity index (χ2n) is 5.73. The zero-order valence-electron chi connectivity index (χ0n) is 12.9. The minimum absolute atomic E-state index is 0. The van der Waals surface area contributed by atoms with Gasteiger partial charge < -0.3 is 5.73 Å². The van der Waals surface area contributed by atoms with Gasteiger partial charge in [0, 0.05) is 19.1 Å². The number of hydrogen-bond donors (Lipinski definition) is 1. The van der Waals surface area contributed by atoms with Crippen LogP contribution in [0.5, 0.6) is 0 Å². The van der Waals surface area contributed by atoms with E-state index in [0.29, 0.717) is 18.0 Å². The van der Waals surface area contributed by atoms with E-state index in [1.54, 1.807) is 4.31 Å². The summed E-state index contributed by atoms with van der Waals surface area (Å²) >= 11 is 0. The number of sulfonamides is 1. The molecule has 0 amide bonds. The minimum atomic E-state index is -3.45. The van der Waals surface area contributed by atoms with Crippen LogP contribution in [0.15, 0.2) is 17.0 Å². The summed E-state index contributed by atoms with van der Waals surface area (Å²) in [5.74, 6) is 0. The third-order valence-electron chi connectivity index (χ3n) is 4.02. The maximum absolute atomic E-state index is 13.0. The van der Waals surface area contributed by atoms with Crippen LogP contribution < -0.4 is 5.73 Å². The summed E-state index contributed by atoms with van der Waals surface area (Å²) in [6.07, 6.45) is 2.83. The number of aryl methyl sites for hydroxylation is 3. The molecular weight excluding hydrogens is 308 g/mol. The third kappa shape index (κ3) is 3.59. The molecule has 0 bridgehead atoms. The molecular formula is C15H25ClN2O2S. The normalized spacial score (nSPS) is 20.1. The van der Waals surface area contributed by atoms with Crippen LogP contribution in [0.3, 0.4) is 0 Å². The van der Waals surface area contributed by atoms with E-state index in [2.05, 4.69) is 0 Å². The van der Waals surface area contributed by atoms with E-state index in [0.717, 1.165) is 36.0 Å². The summed E-state index contributed by atoms with van der Waals surface area (Å²) < 4.78 is 27.6. The van der Waals surface area contributed by atoms with Crippen molar-refractivity contribution in [2.75, 3.05) is 13.1 Å². The average molecular weight is 333 g/mol. The van der Waals surface area contributed by atoms with Gasteiger partial charge in [0.15, 0.2) is 0 Å². The topological polar surface area (TPSA) is 63.4 Å². The van der Waals surface area contributed by atoms with Gasteiger partial charge in [0.2, 0.25) is 10.0 Å². The van der Waals surface area contributed by atoms with Crippen LogP contribution in [0.1, 0.15) is 36.0 Å². The molecule has 1 atom stereocenters. The van der Waals surface area contributed by atoms with Crippen LogP contribution in [-0.2, 0) is 10.0 Å². The first-order chi connectivity index (χ1) is 9.37. The van der Waals surface area contributed by atoms with Gasteiger partial charge in [0.25, 0.3) is 0 Å². The number of rotatable bonds is 3. The molecule has 0 spiro atoms. The summed E-state index contributed by atoms with van der Waals surface area (Å²) in [5.41, 5.74) is 8.50. The second kappa shape index (κ2) is 7.09. The Morgan fingerprint density at radius 3 is 2.29 bits per heavy atom.